The summed E-state index contributed by atoms with van der Waals surface area (Å²) in [5, 5.41) is 0. The van der Waals surface area contributed by atoms with E-state index >= 15 is 0 Å². The van der Waals surface area contributed by atoms with Gasteiger partial charge in [0.2, 0.25) is 6.10 Å². The first-order valence-electron chi connectivity index (χ1n) is 11.0. The maximum Gasteiger partial charge on any atom is 0.267 e. The van der Waals surface area contributed by atoms with Crippen molar-refractivity contribution in [3.63, 3.8) is 0 Å². The molecule has 1 atom stereocenters. The number of benzene rings is 2. The van der Waals surface area contributed by atoms with Crippen molar-refractivity contribution in [1.82, 2.24) is 14.7 Å². The molecule has 0 aliphatic carbocycles. The molecule has 3 amide bonds. The molecule has 3 aliphatic rings. The van der Waals surface area contributed by atoms with Gasteiger partial charge in [0, 0.05) is 32.7 Å². The van der Waals surface area contributed by atoms with Crippen molar-refractivity contribution >= 4 is 17.7 Å². The summed E-state index contributed by atoms with van der Waals surface area (Å²) in [4.78, 5) is 43.2. The fourth-order valence-corrected chi connectivity index (χ4v) is 4.43. The van der Waals surface area contributed by atoms with Crippen LogP contribution in [0.2, 0.25) is 0 Å². The van der Waals surface area contributed by atoms with Crippen LogP contribution in [0.5, 0.6) is 11.5 Å². The standard InChI is InChI=1S/C24H25N3O5/c28-22-17-6-1-2-7-18(17)23(29)27(22)11-5-10-25-12-14-26(15-13-25)24(30)21-16-31-19-8-3-4-9-20(19)32-21/h1-4,6-9,21H,5,10-16H2/t21-/m1/s1. The third kappa shape index (κ3) is 3.82. The molecule has 0 spiro atoms. The van der Waals surface area contributed by atoms with Gasteiger partial charge in [0.15, 0.2) is 11.5 Å². The van der Waals surface area contributed by atoms with E-state index in [1.165, 1.54) is 4.90 Å². The number of amides is 3. The zero-order valence-corrected chi connectivity index (χ0v) is 17.7. The highest BCUT2D eigenvalue weighted by molar-refractivity contribution is 6.21. The molecular weight excluding hydrogens is 410 g/mol. The molecule has 2 aromatic carbocycles. The molecule has 2 aromatic rings. The first-order valence-corrected chi connectivity index (χ1v) is 11.0. The zero-order valence-electron chi connectivity index (χ0n) is 17.7. The van der Waals surface area contributed by atoms with Crippen molar-refractivity contribution in [1.29, 1.82) is 0 Å². The van der Waals surface area contributed by atoms with E-state index in [9.17, 15) is 14.4 Å². The largest absolute Gasteiger partial charge is 0.485 e. The molecule has 0 bridgehead atoms. The highest BCUT2D eigenvalue weighted by atomic mass is 16.6. The molecule has 0 radical (unpaired) electrons. The van der Waals surface area contributed by atoms with Gasteiger partial charge in [-0.15, -0.1) is 0 Å². The minimum absolute atomic E-state index is 0.0508. The lowest BCUT2D eigenvalue weighted by Gasteiger charge is -2.37. The number of para-hydroxylation sites is 2. The van der Waals surface area contributed by atoms with Gasteiger partial charge in [0.25, 0.3) is 17.7 Å². The van der Waals surface area contributed by atoms with Crippen LogP contribution in [-0.2, 0) is 4.79 Å². The molecule has 8 nitrogen and oxygen atoms in total. The summed E-state index contributed by atoms with van der Waals surface area (Å²) >= 11 is 0. The fourth-order valence-electron chi connectivity index (χ4n) is 4.43. The van der Waals surface area contributed by atoms with Crippen LogP contribution in [0.25, 0.3) is 0 Å². The molecule has 3 heterocycles. The second-order valence-corrected chi connectivity index (χ2v) is 8.19. The Bertz CT molecular complexity index is 1010. The Morgan fingerprint density at radius 2 is 1.47 bits per heavy atom. The fraction of sp³-hybridized carbons (Fsp3) is 0.375. The Morgan fingerprint density at radius 3 is 2.16 bits per heavy atom. The van der Waals surface area contributed by atoms with Crippen LogP contribution < -0.4 is 9.47 Å². The van der Waals surface area contributed by atoms with Crippen molar-refractivity contribution in [2.75, 3.05) is 45.9 Å². The van der Waals surface area contributed by atoms with Gasteiger partial charge in [-0.1, -0.05) is 24.3 Å². The number of hydrogen-bond donors (Lipinski definition) is 0. The lowest BCUT2D eigenvalue weighted by molar-refractivity contribution is -0.143. The molecule has 0 unspecified atom stereocenters. The monoisotopic (exact) mass is 435 g/mol. The summed E-state index contributed by atoms with van der Waals surface area (Å²) in [6.07, 6.45) is 0.0840. The first kappa shape index (κ1) is 20.5. The van der Waals surface area contributed by atoms with E-state index in [2.05, 4.69) is 4.90 Å². The van der Waals surface area contributed by atoms with Gasteiger partial charge in [-0.05, 0) is 37.2 Å². The number of piperazine rings is 1. The van der Waals surface area contributed by atoms with E-state index < -0.39 is 6.10 Å². The Balaban J connectivity index is 1.07. The van der Waals surface area contributed by atoms with Crippen LogP contribution in [0.4, 0.5) is 0 Å². The zero-order chi connectivity index (χ0) is 22.1. The molecule has 8 heteroatoms. The van der Waals surface area contributed by atoms with Crippen molar-refractivity contribution in [3.8, 4) is 11.5 Å². The molecule has 0 N–H and O–H groups in total. The van der Waals surface area contributed by atoms with Crippen LogP contribution in [0, 0.1) is 0 Å². The number of rotatable bonds is 5. The molecule has 0 saturated carbocycles. The highest BCUT2D eigenvalue weighted by Gasteiger charge is 2.35. The topological polar surface area (TPSA) is 79.4 Å². The minimum atomic E-state index is -0.620. The first-order chi connectivity index (χ1) is 15.6. The Hall–Kier alpha value is -3.39. The summed E-state index contributed by atoms with van der Waals surface area (Å²) in [6, 6.07) is 14.3. The number of fused-ring (bicyclic) bond motifs is 2. The van der Waals surface area contributed by atoms with Crippen molar-refractivity contribution < 1.29 is 23.9 Å². The number of imide groups is 1. The lowest BCUT2D eigenvalue weighted by Crippen LogP contribution is -2.54. The smallest absolute Gasteiger partial charge is 0.267 e. The van der Waals surface area contributed by atoms with E-state index in [0.717, 1.165) is 19.6 Å². The maximum atomic E-state index is 12.9. The molecule has 166 valence electrons. The average Bonchev–Trinajstić information content (AvgIpc) is 3.09. The van der Waals surface area contributed by atoms with Gasteiger partial charge in [-0.3, -0.25) is 24.2 Å². The lowest BCUT2D eigenvalue weighted by atomic mass is 10.1. The SMILES string of the molecule is O=C([C@H]1COc2ccccc2O1)N1CCN(CCCN2C(=O)c3ccccc3C2=O)CC1. The van der Waals surface area contributed by atoms with Crippen LogP contribution in [0.3, 0.4) is 0 Å². The molecule has 5 rings (SSSR count). The molecule has 1 fully saturated rings. The third-order valence-electron chi connectivity index (χ3n) is 6.20. The van der Waals surface area contributed by atoms with E-state index in [4.69, 9.17) is 9.47 Å². The van der Waals surface area contributed by atoms with E-state index in [-0.39, 0.29) is 24.3 Å². The summed E-state index contributed by atoms with van der Waals surface area (Å²) < 4.78 is 11.5. The van der Waals surface area contributed by atoms with Crippen molar-refractivity contribution in [3.05, 3.63) is 59.7 Å². The van der Waals surface area contributed by atoms with Gasteiger partial charge < -0.3 is 14.4 Å². The maximum absolute atomic E-state index is 12.9. The predicted octanol–water partition coefficient (Wildman–Crippen LogP) is 1.66. The van der Waals surface area contributed by atoms with Crippen molar-refractivity contribution in [2.45, 2.75) is 12.5 Å². The van der Waals surface area contributed by atoms with Crippen molar-refractivity contribution in [2.24, 2.45) is 0 Å². The van der Waals surface area contributed by atoms with Gasteiger partial charge in [-0.2, -0.15) is 0 Å². The second-order valence-electron chi connectivity index (χ2n) is 8.19. The third-order valence-corrected chi connectivity index (χ3v) is 6.20. The predicted molar refractivity (Wildman–Crippen MR) is 116 cm³/mol. The second kappa shape index (κ2) is 8.63. The summed E-state index contributed by atoms with van der Waals surface area (Å²) in [7, 11) is 0. The Morgan fingerprint density at radius 1 is 0.844 bits per heavy atom. The van der Waals surface area contributed by atoms with Crippen LogP contribution >= 0.6 is 0 Å². The van der Waals surface area contributed by atoms with E-state index in [1.54, 1.807) is 30.3 Å². The van der Waals surface area contributed by atoms with Gasteiger partial charge in [0.1, 0.15) is 6.61 Å². The van der Waals surface area contributed by atoms with Crippen LogP contribution in [0.1, 0.15) is 27.1 Å². The van der Waals surface area contributed by atoms with E-state index in [1.807, 2.05) is 23.1 Å². The molecule has 1 saturated heterocycles. The Kier molecular flexibility index (Phi) is 5.53. The number of carbonyl (C=O) groups excluding carboxylic acids is 3. The van der Waals surface area contributed by atoms with E-state index in [0.29, 0.717) is 48.7 Å². The molecule has 3 aliphatic heterocycles. The van der Waals surface area contributed by atoms with Crippen LogP contribution in [0.15, 0.2) is 48.5 Å². The highest BCUT2D eigenvalue weighted by Crippen LogP contribution is 2.31. The minimum Gasteiger partial charge on any atom is -0.485 e. The van der Waals surface area contributed by atoms with Crippen LogP contribution in [-0.4, -0.2) is 84.4 Å². The summed E-state index contributed by atoms with van der Waals surface area (Å²) in [6.45, 7) is 4.12. The normalized spacial score (nSPS) is 20.4. The number of hydrogen-bond acceptors (Lipinski definition) is 6. The summed E-state index contributed by atoms with van der Waals surface area (Å²) in [5.41, 5.74) is 0.974. The average molecular weight is 435 g/mol. The Labute approximate surface area is 186 Å². The number of nitrogens with zero attached hydrogens (tertiary/aromatic N) is 3. The number of ether oxygens (including phenoxy) is 2. The summed E-state index contributed by atoms with van der Waals surface area (Å²) in [5.74, 6) is 0.795. The molecular formula is C24H25N3O5. The van der Waals surface area contributed by atoms with Gasteiger partial charge in [0.05, 0.1) is 11.1 Å². The molecule has 0 aromatic heterocycles. The van der Waals surface area contributed by atoms with Gasteiger partial charge in [-0.25, -0.2) is 0 Å². The molecule has 32 heavy (non-hydrogen) atoms. The quantitative estimate of drug-likeness (QED) is 0.665. The number of carbonyl (C=O) groups is 3. The van der Waals surface area contributed by atoms with Gasteiger partial charge >= 0.3 is 0 Å².